The first kappa shape index (κ1) is 13.2. The van der Waals surface area contributed by atoms with E-state index in [0.717, 1.165) is 31.2 Å². The minimum atomic E-state index is -0.699. The Labute approximate surface area is 99.9 Å². The van der Waals surface area contributed by atoms with Crippen LogP contribution in [0.3, 0.4) is 0 Å². The second-order valence-electron chi connectivity index (χ2n) is 4.35. The van der Waals surface area contributed by atoms with Gasteiger partial charge in [0.15, 0.2) is 0 Å². The Balaban J connectivity index is 2.40. The highest BCUT2D eigenvalue weighted by Crippen LogP contribution is 2.06. The van der Waals surface area contributed by atoms with Crippen molar-refractivity contribution in [1.82, 2.24) is 9.55 Å². The molecule has 92 valence electrons. The monoisotopic (exact) mass is 243 g/mol. The third-order valence-electron chi connectivity index (χ3n) is 2.21. The molecule has 1 rings (SSSR count). The molecule has 0 saturated carbocycles. The number of hydrogen-bond acceptors (Lipinski definition) is 3. The Hall–Kier alpha value is -0.840. The van der Waals surface area contributed by atoms with E-state index in [1.165, 1.54) is 0 Å². The summed E-state index contributed by atoms with van der Waals surface area (Å²) in [5.74, 6) is 2.27. The first-order chi connectivity index (χ1) is 7.59. The van der Waals surface area contributed by atoms with E-state index in [-0.39, 0.29) is 0 Å². The van der Waals surface area contributed by atoms with Gasteiger partial charge in [0.05, 0.1) is 0 Å². The van der Waals surface area contributed by atoms with Crippen molar-refractivity contribution in [3.05, 3.63) is 12.4 Å². The molecule has 0 aliphatic carbocycles. The molecular formula is C11H21N3OS. The average Bonchev–Trinajstić information content (AvgIpc) is 2.62. The molecule has 0 fully saturated rings. The molecule has 4 nitrogen and oxygen atoms in total. The first-order valence-corrected chi connectivity index (χ1v) is 7.37. The predicted octanol–water partition coefficient (Wildman–Crippen LogP) is 1.72. The van der Waals surface area contributed by atoms with Gasteiger partial charge in [-0.05, 0) is 12.3 Å². The van der Waals surface area contributed by atoms with E-state index in [1.807, 2.05) is 6.20 Å². The minimum Gasteiger partial charge on any atom is -0.355 e. The smallest absolute Gasteiger partial charge is 0.202 e. The van der Waals surface area contributed by atoms with Crippen molar-refractivity contribution in [2.24, 2.45) is 5.92 Å². The van der Waals surface area contributed by atoms with Crippen LogP contribution in [0.2, 0.25) is 0 Å². The van der Waals surface area contributed by atoms with Gasteiger partial charge in [0.2, 0.25) is 5.95 Å². The largest absolute Gasteiger partial charge is 0.355 e. The van der Waals surface area contributed by atoms with Crippen LogP contribution in [0.5, 0.6) is 0 Å². The molecule has 0 radical (unpaired) electrons. The molecule has 0 aromatic carbocycles. The lowest BCUT2D eigenvalue weighted by atomic mass is 10.2. The second-order valence-corrected chi connectivity index (χ2v) is 5.90. The summed E-state index contributed by atoms with van der Waals surface area (Å²) in [5.41, 5.74) is 0. The van der Waals surface area contributed by atoms with Crippen molar-refractivity contribution in [2.45, 2.75) is 26.8 Å². The van der Waals surface area contributed by atoms with E-state index in [4.69, 9.17) is 0 Å². The van der Waals surface area contributed by atoms with Crippen LogP contribution in [0.4, 0.5) is 5.95 Å². The number of hydrogen-bond donors (Lipinski definition) is 1. The summed E-state index contributed by atoms with van der Waals surface area (Å²) in [6.45, 7) is 6.14. The summed E-state index contributed by atoms with van der Waals surface area (Å²) in [4.78, 5) is 4.26. The van der Waals surface area contributed by atoms with E-state index in [0.29, 0.717) is 5.92 Å². The number of aromatic nitrogens is 2. The zero-order chi connectivity index (χ0) is 12.0. The average molecular weight is 243 g/mol. The molecule has 1 atom stereocenters. The van der Waals surface area contributed by atoms with Gasteiger partial charge >= 0.3 is 0 Å². The van der Waals surface area contributed by atoms with Crippen LogP contribution in [0.25, 0.3) is 0 Å². The summed E-state index contributed by atoms with van der Waals surface area (Å²) in [5, 5.41) is 3.31. The topological polar surface area (TPSA) is 46.9 Å². The lowest BCUT2D eigenvalue weighted by molar-refractivity contribution is 0.648. The van der Waals surface area contributed by atoms with E-state index < -0.39 is 10.8 Å². The SMILES string of the molecule is CC(C)CNc1nccn1CCCS(C)=O. The Kier molecular flexibility index (Phi) is 5.52. The molecule has 0 aliphatic heterocycles. The number of nitrogens with zero attached hydrogens (tertiary/aromatic N) is 2. The van der Waals surface area contributed by atoms with E-state index >= 15 is 0 Å². The van der Waals surface area contributed by atoms with Gasteiger partial charge in [0.1, 0.15) is 0 Å². The van der Waals surface area contributed by atoms with Crippen molar-refractivity contribution in [3.63, 3.8) is 0 Å². The number of rotatable bonds is 7. The van der Waals surface area contributed by atoms with E-state index in [2.05, 4.69) is 28.7 Å². The first-order valence-electron chi connectivity index (χ1n) is 5.64. The fourth-order valence-corrected chi connectivity index (χ4v) is 1.93. The second kappa shape index (κ2) is 6.68. The van der Waals surface area contributed by atoms with Gasteiger partial charge in [-0.2, -0.15) is 0 Å². The minimum absolute atomic E-state index is 0.605. The molecule has 0 aliphatic rings. The summed E-state index contributed by atoms with van der Waals surface area (Å²) >= 11 is 0. The number of imidazole rings is 1. The van der Waals surface area contributed by atoms with Gasteiger partial charge in [-0.3, -0.25) is 4.21 Å². The maximum Gasteiger partial charge on any atom is 0.202 e. The van der Waals surface area contributed by atoms with Crippen molar-refractivity contribution < 1.29 is 4.21 Å². The summed E-state index contributed by atoms with van der Waals surface area (Å²) < 4.78 is 13.0. The Morgan fingerprint density at radius 2 is 2.31 bits per heavy atom. The molecule has 1 N–H and O–H groups in total. The fraction of sp³-hybridized carbons (Fsp3) is 0.727. The van der Waals surface area contributed by atoms with Crippen LogP contribution < -0.4 is 5.32 Å². The number of anilines is 1. The highest BCUT2D eigenvalue weighted by molar-refractivity contribution is 7.84. The zero-order valence-corrected chi connectivity index (χ0v) is 11.1. The molecule has 0 amide bonds. The summed E-state index contributed by atoms with van der Waals surface area (Å²) in [6.07, 6.45) is 6.43. The van der Waals surface area contributed by atoms with Crippen LogP contribution >= 0.6 is 0 Å². The van der Waals surface area contributed by atoms with Gasteiger partial charge in [0, 0.05) is 48.3 Å². The van der Waals surface area contributed by atoms with Crippen LogP contribution in [0.15, 0.2) is 12.4 Å². The normalized spacial score (nSPS) is 13.0. The maximum absolute atomic E-state index is 10.9. The van der Waals surface area contributed by atoms with Crippen molar-refractivity contribution in [1.29, 1.82) is 0 Å². The van der Waals surface area contributed by atoms with Gasteiger partial charge in [0.25, 0.3) is 0 Å². The highest BCUT2D eigenvalue weighted by atomic mass is 32.2. The van der Waals surface area contributed by atoms with Gasteiger partial charge in [-0.15, -0.1) is 0 Å². The molecule has 1 aromatic rings. The number of nitrogens with one attached hydrogen (secondary N) is 1. The quantitative estimate of drug-likeness (QED) is 0.793. The van der Waals surface area contributed by atoms with E-state index in [1.54, 1.807) is 12.5 Å². The number of aryl methyl sites for hydroxylation is 1. The molecule has 1 heterocycles. The van der Waals surface area contributed by atoms with Gasteiger partial charge in [-0.1, -0.05) is 13.8 Å². The third-order valence-corrected chi connectivity index (χ3v) is 3.08. The molecular weight excluding hydrogens is 222 g/mol. The molecule has 0 saturated heterocycles. The maximum atomic E-state index is 10.9. The van der Waals surface area contributed by atoms with Crippen LogP contribution in [0.1, 0.15) is 20.3 Å². The van der Waals surface area contributed by atoms with Gasteiger partial charge < -0.3 is 9.88 Å². The molecule has 5 heteroatoms. The Bertz CT molecular complexity index is 336. The molecule has 1 unspecified atom stereocenters. The lowest BCUT2D eigenvalue weighted by Crippen LogP contribution is -2.13. The zero-order valence-electron chi connectivity index (χ0n) is 10.3. The lowest BCUT2D eigenvalue weighted by Gasteiger charge is -2.10. The van der Waals surface area contributed by atoms with Crippen molar-refractivity contribution in [2.75, 3.05) is 23.9 Å². The molecule has 1 aromatic heterocycles. The fourth-order valence-electron chi connectivity index (χ4n) is 1.39. The third kappa shape index (κ3) is 4.79. The predicted molar refractivity (Wildman–Crippen MR) is 69.1 cm³/mol. The van der Waals surface area contributed by atoms with Gasteiger partial charge in [-0.25, -0.2) is 4.98 Å². The molecule has 0 spiro atoms. The summed E-state index contributed by atoms with van der Waals surface area (Å²) in [7, 11) is -0.699. The summed E-state index contributed by atoms with van der Waals surface area (Å²) in [6, 6.07) is 0. The van der Waals surface area contributed by atoms with Crippen LogP contribution in [0, 0.1) is 5.92 Å². The molecule has 0 bridgehead atoms. The van der Waals surface area contributed by atoms with Crippen LogP contribution in [-0.4, -0.2) is 32.3 Å². The van der Waals surface area contributed by atoms with Crippen molar-refractivity contribution >= 4 is 16.7 Å². The van der Waals surface area contributed by atoms with Crippen molar-refractivity contribution in [3.8, 4) is 0 Å². The molecule has 16 heavy (non-hydrogen) atoms. The Morgan fingerprint density at radius 1 is 1.56 bits per heavy atom. The standard InChI is InChI=1S/C11H21N3OS/c1-10(2)9-13-11-12-5-7-14(11)6-4-8-16(3)15/h5,7,10H,4,6,8-9H2,1-3H3,(H,12,13). The van der Waals surface area contributed by atoms with Crippen LogP contribution in [-0.2, 0) is 17.3 Å². The van der Waals surface area contributed by atoms with E-state index in [9.17, 15) is 4.21 Å². The highest BCUT2D eigenvalue weighted by Gasteiger charge is 2.03. The Morgan fingerprint density at radius 3 is 2.94 bits per heavy atom.